The van der Waals surface area contributed by atoms with Crippen LogP contribution < -0.4 is 10.9 Å². The zero-order valence-electron chi connectivity index (χ0n) is 16.9. The Balaban J connectivity index is 1.64. The number of nitrogens with one attached hydrogen (secondary N) is 1. The Bertz CT molecular complexity index is 1200. The van der Waals surface area contributed by atoms with E-state index in [0.29, 0.717) is 24.0 Å². The van der Waals surface area contributed by atoms with Gasteiger partial charge in [0.25, 0.3) is 5.56 Å². The molecule has 3 aromatic rings. The zero-order chi connectivity index (χ0) is 21.7. The summed E-state index contributed by atoms with van der Waals surface area (Å²) in [6, 6.07) is 13.4. The van der Waals surface area contributed by atoms with Crippen LogP contribution in [-0.2, 0) is 27.9 Å². The second-order valence-corrected chi connectivity index (χ2v) is 8.64. The number of carbonyl (C=O) groups excluding carboxylic acids is 1. The maximum atomic E-state index is 12.5. The summed E-state index contributed by atoms with van der Waals surface area (Å²) in [6.45, 7) is 4.47. The van der Waals surface area contributed by atoms with Crippen LogP contribution in [0.4, 0.5) is 0 Å². The monoisotopic (exact) mass is 428 g/mol. The fourth-order valence-electron chi connectivity index (χ4n) is 3.12. The summed E-state index contributed by atoms with van der Waals surface area (Å²) >= 11 is 0. The van der Waals surface area contributed by atoms with Crippen LogP contribution in [0.25, 0.3) is 10.9 Å². The van der Waals surface area contributed by atoms with E-state index in [1.807, 2.05) is 0 Å². The Morgan fingerprint density at radius 2 is 1.73 bits per heavy atom. The van der Waals surface area contributed by atoms with Crippen LogP contribution >= 0.6 is 0 Å². The van der Waals surface area contributed by atoms with Gasteiger partial charge >= 0.3 is 0 Å². The highest BCUT2D eigenvalue weighted by Crippen LogP contribution is 2.16. The molecule has 30 heavy (non-hydrogen) atoms. The molecule has 0 fully saturated rings. The molecule has 8 nitrogen and oxygen atoms in total. The van der Waals surface area contributed by atoms with Gasteiger partial charge in [-0.2, -0.15) is 4.31 Å². The fraction of sp³-hybridized carbons (Fsp3) is 0.286. The number of benzene rings is 2. The summed E-state index contributed by atoms with van der Waals surface area (Å²) in [7, 11) is -3.51. The maximum absolute atomic E-state index is 12.5. The number of hydrogen-bond acceptors (Lipinski definition) is 5. The smallest absolute Gasteiger partial charge is 0.261 e. The summed E-state index contributed by atoms with van der Waals surface area (Å²) < 4.78 is 27.7. The van der Waals surface area contributed by atoms with Gasteiger partial charge in [-0.3, -0.25) is 14.2 Å². The summed E-state index contributed by atoms with van der Waals surface area (Å²) in [5.41, 5.74) is 1.06. The van der Waals surface area contributed by atoms with Gasteiger partial charge in [-0.15, -0.1) is 0 Å². The van der Waals surface area contributed by atoms with Crippen molar-refractivity contribution < 1.29 is 13.2 Å². The quantitative estimate of drug-likeness (QED) is 0.589. The number of aromatic nitrogens is 2. The average molecular weight is 429 g/mol. The number of nitrogens with zero attached hydrogens (tertiary/aromatic N) is 3. The van der Waals surface area contributed by atoms with Crippen molar-refractivity contribution in [3.8, 4) is 0 Å². The number of fused-ring (bicyclic) bond motifs is 1. The molecule has 0 atom stereocenters. The normalized spacial score (nSPS) is 11.7. The van der Waals surface area contributed by atoms with E-state index in [-0.39, 0.29) is 29.5 Å². The Labute approximate surface area is 175 Å². The number of para-hydroxylation sites is 1. The molecule has 9 heteroatoms. The topological polar surface area (TPSA) is 101 Å². The van der Waals surface area contributed by atoms with E-state index < -0.39 is 10.0 Å². The Hall–Kier alpha value is -3.04. The minimum absolute atomic E-state index is 0.148. The first-order chi connectivity index (χ1) is 14.4. The molecule has 1 N–H and O–H groups in total. The van der Waals surface area contributed by atoms with Crippen molar-refractivity contribution >= 4 is 26.8 Å². The molecular weight excluding hydrogens is 404 g/mol. The largest absolute Gasteiger partial charge is 0.350 e. The van der Waals surface area contributed by atoms with E-state index in [2.05, 4.69) is 10.3 Å². The first-order valence-corrected chi connectivity index (χ1v) is 11.1. The van der Waals surface area contributed by atoms with Crippen molar-refractivity contribution in [2.45, 2.75) is 31.8 Å². The van der Waals surface area contributed by atoms with Gasteiger partial charge in [0.1, 0.15) is 6.54 Å². The summed E-state index contributed by atoms with van der Waals surface area (Å²) in [4.78, 5) is 29.1. The molecule has 0 saturated carbocycles. The molecule has 0 saturated heterocycles. The first kappa shape index (κ1) is 21.7. The maximum Gasteiger partial charge on any atom is 0.261 e. The molecule has 2 aromatic carbocycles. The summed E-state index contributed by atoms with van der Waals surface area (Å²) in [6.07, 6.45) is 1.36. The van der Waals surface area contributed by atoms with E-state index in [0.717, 1.165) is 5.56 Å². The molecular formula is C21H24N4O4S. The van der Waals surface area contributed by atoms with Gasteiger partial charge in [-0.1, -0.05) is 38.1 Å². The van der Waals surface area contributed by atoms with Gasteiger partial charge in [0.2, 0.25) is 15.9 Å². The second-order valence-electron chi connectivity index (χ2n) is 6.70. The molecule has 1 amide bonds. The molecule has 0 aliphatic rings. The van der Waals surface area contributed by atoms with Crippen LogP contribution in [0.3, 0.4) is 0 Å². The molecule has 3 rings (SSSR count). The van der Waals surface area contributed by atoms with Gasteiger partial charge in [-0.25, -0.2) is 13.4 Å². The summed E-state index contributed by atoms with van der Waals surface area (Å²) in [5, 5.41) is 3.20. The third-order valence-electron chi connectivity index (χ3n) is 4.80. The fourth-order valence-corrected chi connectivity index (χ4v) is 4.58. The third-order valence-corrected chi connectivity index (χ3v) is 6.87. The van der Waals surface area contributed by atoms with Crippen LogP contribution in [0.5, 0.6) is 0 Å². The van der Waals surface area contributed by atoms with E-state index in [1.165, 1.54) is 27.3 Å². The molecule has 158 valence electrons. The lowest BCUT2D eigenvalue weighted by Crippen LogP contribution is -2.32. The number of rotatable bonds is 8. The van der Waals surface area contributed by atoms with E-state index >= 15 is 0 Å². The zero-order valence-corrected chi connectivity index (χ0v) is 17.7. The van der Waals surface area contributed by atoms with Crippen molar-refractivity contribution in [3.05, 3.63) is 70.8 Å². The lowest BCUT2D eigenvalue weighted by atomic mass is 10.2. The highest BCUT2D eigenvalue weighted by atomic mass is 32.2. The molecule has 0 unspecified atom stereocenters. The first-order valence-electron chi connectivity index (χ1n) is 9.66. The number of amides is 1. The predicted molar refractivity (Wildman–Crippen MR) is 114 cm³/mol. The van der Waals surface area contributed by atoms with Crippen molar-refractivity contribution in [3.63, 3.8) is 0 Å². The lowest BCUT2D eigenvalue weighted by Gasteiger charge is -2.18. The number of hydrogen-bond donors (Lipinski definition) is 1. The van der Waals surface area contributed by atoms with Gasteiger partial charge in [-0.05, 0) is 29.8 Å². The van der Waals surface area contributed by atoms with Crippen LogP contribution in [-0.4, -0.2) is 41.3 Å². The average Bonchev–Trinajstić information content (AvgIpc) is 2.75. The number of sulfonamides is 1. The summed E-state index contributed by atoms with van der Waals surface area (Å²) in [5.74, 6) is -0.339. The highest BCUT2D eigenvalue weighted by Gasteiger charge is 2.21. The minimum atomic E-state index is -3.51. The Kier molecular flexibility index (Phi) is 6.63. The predicted octanol–water partition coefficient (Wildman–Crippen LogP) is 1.74. The SMILES string of the molecule is CCN(CC)S(=O)(=O)c1ccc(CNC(=O)Cn2cnc3ccccc3c2=O)cc1. The molecule has 1 heterocycles. The number of carbonyl (C=O) groups is 1. The minimum Gasteiger partial charge on any atom is -0.350 e. The van der Waals surface area contributed by atoms with Gasteiger partial charge < -0.3 is 5.32 Å². The van der Waals surface area contributed by atoms with Gasteiger partial charge in [0, 0.05) is 19.6 Å². The van der Waals surface area contributed by atoms with Gasteiger partial charge in [0.05, 0.1) is 22.1 Å². The van der Waals surface area contributed by atoms with Crippen LogP contribution in [0.2, 0.25) is 0 Å². The molecule has 0 radical (unpaired) electrons. The van der Waals surface area contributed by atoms with Crippen LogP contribution in [0.15, 0.2) is 64.5 Å². The van der Waals surface area contributed by atoms with Crippen molar-refractivity contribution in [2.24, 2.45) is 0 Å². The van der Waals surface area contributed by atoms with Crippen LogP contribution in [0, 0.1) is 0 Å². The highest BCUT2D eigenvalue weighted by molar-refractivity contribution is 7.89. The van der Waals surface area contributed by atoms with E-state index in [4.69, 9.17) is 0 Å². The lowest BCUT2D eigenvalue weighted by molar-refractivity contribution is -0.121. The molecule has 0 spiro atoms. The van der Waals surface area contributed by atoms with E-state index in [1.54, 1.807) is 50.2 Å². The van der Waals surface area contributed by atoms with Crippen molar-refractivity contribution in [1.29, 1.82) is 0 Å². The van der Waals surface area contributed by atoms with Crippen LogP contribution in [0.1, 0.15) is 19.4 Å². The standard InChI is InChI=1S/C21H24N4O4S/c1-3-25(4-2)30(28,29)17-11-9-16(10-12-17)13-22-20(26)14-24-15-23-19-8-6-5-7-18(19)21(24)27/h5-12,15H,3-4,13-14H2,1-2H3,(H,22,26). The molecule has 0 bridgehead atoms. The van der Waals surface area contributed by atoms with Gasteiger partial charge in [0.15, 0.2) is 0 Å². The Morgan fingerprint density at radius 1 is 1.07 bits per heavy atom. The van der Waals surface area contributed by atoms with Crippen molar-refractivity contribution in [2.75, 3.05) is 13.1 Å². The van der Waals surface area contributed by atoms with Crippen molar-refractivity contribution in [1.82, 2.24) is 19.2 Å². The molecule has 0 aliphatic carbocycles. The Morgan fingerprint density at radius 3 is 2.40 bits per heavy atom. The molecule has 1 aromatic heterocycles. The van der Waals surface area contributed by atoms with E-state index in [9.17, 15) is 18.0 Å². The third kappa shape index (κ3) is 4.58. The molecule has 0 aliphatic heterocycles. The second kappa shape index (κ2) is 9.19.